The van der Waals surface area contributed by atoms with Gasteiger partial charge < -0.3 is 4.90 Å². The summed E-state index contributed by atoms with van der Waals surface area (Å²) in [5, 5.41) is 0. The average molecular weight is 350 g/mol. The number of alkyl halides is 3. The van der Waals surface area contributed by atoms with Crippen LogP contribution in [0.3, 0.4) is 0 Å². The molecule has 1 aliphatic rings. The Labute approximate surface area is 132 Å². The molecule has 9 heteroatoms. The minimum Gasteiger partial charge on any atom is -0.347 e. The van der Waals surface area contributed by atoms with E-state index in [0.29, 0.717) is 12.8 Å². The summed E-state index contributed by atoms with van der Waals surface area (Å²) >= 11 is 0. The van der Waals surface area contributed by atoms with Crippen LogP contribution in [0.5, 0.6) is 0 Å². The first-order valence-corrected chi connectivity index (χ1v) is 8.40. The van der Waals surface area contributed by atoms with Crippen molar-refractivity contribution in [2.75, 3.05) is 20.6 Å². The van der Waals surface area contributed by atoms with Crippen LogP contribution in [0.15, 0.2) is 29.2 Å². The van der Waals surface area contributed by atoms with Gasteiger partial charge in [0.25, 0.3) is 0 Å². The van der Waals surface area contributed by atoms with E-state index in [2.05, 4.69) is 0 Å². The van der Waals surface area contributed by atoms with Gasteiger partial charge in [0.2, 0.25) is 15.9 Å². The lowest BCUT2D eigenvalue weighted by atomic mass is 10.2. The summed E-state index contributed by atoms with van der Waals surface area (Å²) < 4.78 is 65.5. The standard InChI is InChI=1S/C14H17F3N2O3S/c1-18(2)13(20)11-7-5-9-19(11)23(21,22)12-8-4-3-6-10(12)14(15,16)17/h3-4,6,8,11H,5,7,9H2,1-2H3. The Kier molecular flexibility index (Phi) is 4.72. The number of halogens is 3. The minimum atomic E-state index is -4.79. The van der Waals surface area contributed by atoms with E-state index in [1.807, 2.05) is 0 Å². The molecule has 1 fully saturated rings. The first-order chi connectivity index (χ1) is 10.6. The summed E-state index contributed by atoms with van der Waals surface area (Å²) in [6.45, 7) is 0.0266. The molecule has 0 N–H and O–H groups in total. The molecular formula is C14H17F3N2O3S. The van der Waals surface area contributed by atoms with E-state index in [9.17, 15) is 26.4 Å². The van der Waals surface area contributed by atoms with Gasteiger partial charge in [-0.15, -0.1) is 0 Å². The highest BCUT2D eigenvalue weighted by Crippen LogP contribution is 2.36. The maximum absolute atomic E-state index is 13.1. The predicted molar refractivity (Wildman–Crippen MR) is 77.1 cm³/mol. The molecule has 0 aliphatic carbocycles. The fourth-order valence-corrected chi connectivity index (χ4v) is 4.49. The lowest BCUT2D eigenvalue weighted by Crippen LogP contribution is -2.45. The maximum Gasteiger partial charge on any atom is 0.417 e. The van der Waals surface area contributed by atoms with Gasteiger partial charge in [0.15, 0.2) is 0 Å². The number of amides is 1. The third kappa shape index (κ3) is 3.35. The van der Waals surface area contributed by atoms with Crippen LogP contribution in [0.4, 0.5) is 13.2 Å². The third-order valence-corrected chi connectivity index (χ3v) is 5.67. The number of benzene rings is 1. The molecule has 5 nitrogen and oxygen atoms in total. The van der Waals surface area contributed by atoms with Crippen molar-refractivity contribution in [3.8, 4) is 0 Å². The number of hydrogen-bond acceptors (Lipinski definition) is 3. The van der Waals surface area contributed by atoms with Crippen LogP contribution in [0, 0.1) is 0 Å². The molecule has 1 aliphatic heterocycles. The number of nitrogens with zero attached hydrogens (tertiary/aromatic N) is 2. The Hall–Kier alpha value is -1.61. The van der Waals surface area contributed by atoms with Crippen molar-refractivity contribution in [1.29, 1.82) is 0 Å². The molecule has 1 aromatic carbocycles. The number of hydrogen-bond donors (Lipinski definition) is 0. The van der Waals surface area contributed by atoms with Crippen molar-refractivity contribution in [3.63, 3.8) is 0 Å². The van der Waals surface area contributed by atoms with Gasteiger partial charge in [-0.1, -0.05) is 12.1 Å². The van der Waals surface area contributed by atoms with Crippen molar-refractivity contribution < 1.29 is 26.4 Å². The van der Waals surface area contributed by atoms with Gasteiger partial charge in [0.05, 0.1) is 10.5 Å². The molecule has 0 radical (unpaired) electrons. The fraction of sp³-hybridized carbons (Fsp3) is 0.500. The maximum atomic E-state index is 13.1. The van der Waals surface area contributed by atoms with E-state index in [4.69, 9.17) is 0 Å². The Bertz CT molecular complexity index is 701. The van der Waals surface area contributed by atoms with Crippen molar-refractivity contribution in [2.24, 2.45) is 0 Å². The number of rotatable bonds is 3. The van der Waals surface area contributed by atoms with E-state index in [1.54, 1.807) is 0 Å². The average Bonchev–Trinajstić information content (AvgIpc) is 2.95. The zero-order chi connectivity index (χ0) is 17.4. The monoisotopic (exact) mass is 350 g/mol. The molecule has 0 saturated carbocycles. The Morgan fingerprint density at radius 2 is 1.87 bits per heavy atom. The van der Waals surface area contributed by atoms with Crippen molar-refractivity contribution in [2.45, 2.75) is 30.0 Å². The Balaban J connectivity index is 2.49. The summed E-state index contributed by atoms with van der Waals surface area (Å²) in [6.07, 6.45) is -4.06. The molecule has 1 atom stereocenters. The van der Waals surface area contributed by atoms with Crippen LogP contribution in [-0.2, 0) is 21.0 Å². The zero-order valence-electron chi connectivity index (χ0n) is 12.7. The first-order valence-electron chi connectivity index (χ1n) is 6.96. The molecule has 1 unspecified atom stereocenters. The summed E-state index contributed by atoms with van der Waals surface area (Å²) in [7, 11) is -1.45. The molecule has 1 heterocycles. The van der Waals surface area contributed by atoms with E-state index < -0.39 is 38.6 Å². The SMILES string of the molecule is CN(C)C(=O)C1CCCN1S(=O)(=O)c1ccccc1C(F)(F)F. The number of likely N-dealkylation sites (N-methyl/N-ethyl adjacent to an activating group) is 1. The number of carbonyl (C=O) groups is 1. The molecule has 0 spiro atoms. The smallest absolute Gasteiger partial charge is 0.347 e. The van der Waals surface area contributed by atoms with Gasteiger partial charge in [-0.2, -0.15) is 17.5 Å². The minimum absolute atomic E-state index is 0.0266. The molecular weight excluding hydrogens is 333 g/mol. The third-order valence-electron chi connectivity index (χ3n) is 3.71. The molecule has 1 saturated heterocycles. The van der Waals surface area contributed by atoms with Gasteiger partial charge >= 0.3 is 6.18 Å². The molecule has 2 rings (SSSR count). The molecule has 1 aromatic rings. The first kappa shape index (κ1) is 17.7. The highest BCUT2D eigenvalue weighted by atomic mass is 32.2. The summed E-state index contributed by atoms with van der Waals surface area (Å²) in [6, 6.07) is 3.06. The highest BCUT2D eigenvalue weighted by molar-refractivity contribution is 7.89. The van der Waals surface area contributed by atoms with E-state index in [-0.39, 0.29) is 6.54 Å². The van der Waals surface area contributed by atoms with Gasteiger partial charge in [0.1, 0.15) is 6.04 Å². The lowest BCUT2D eigenvalue weighted by molar-refractivity contribution is -0.139. The second-order valence-electron chi connectivity index (χ2n) is 5.50. The molecule has 1 amide bonds. The van der Waals surface area contributed by atoms with Gasteiger partial charge in [-0.05, 0) is 25.0 Å². The van der Waals surface area contributed by atoms with Crippen molar-refractivity contribution in [1.82, 2.24) is 9.21 Å². The van der Waals surface area contributed by atoms with Gasteiger partial charge in [0, 0.05) is 20.6 Å². The lowest BCUT2D eigenvalue weighted by Gasteiger charge is -2.26. The predicted octanol–water partition coefficient (Wildman–Crippen LogP) is 1.95. The topological polar surface area (TPSA) is 57.7 Å². The van der Waals surface area contributed by atoms with Crippen LogP contribution in [0.25, 0.3) is 0 Å². The van der Waals surface area contributed by atoms with Crippen molar-refractivity contribution >= 4 is 15.9 Å². The van der Waals surface area contributed by atoms with E-state index in [0.717, 1.165) is 22.5 Å². The number of sulfonamides is 1. The zero-order valence-corrected chi connectivity index (χ0v) is 13.5. The largest absolute Gasteiger partial charge is 0.417 e. The van der Waals surface area contributed by atoms with Crippen molar-refractivity contribution in [3.05, 3.63) is 29.8 Å². The second-order valence-corrected chi connectivity index (χ2v) is 7.36. The summed E-state index contributed by atoms with van der Waals surface area (Å²) in [5.74, 6) is -0.435. The highest BCUT2D eigenvalue weighted by Gasteiger charge is 2.44. The second kappa shape index (κ2) is 6.12. The van der Waals surface area contributed by atoms with Crippen LogP contribution < -0.4 is 0 Å². The quantitative estimate of drug-likeness (QED) is 0.837. The van der Waals surface area contributed by atoms with Crippen LogP contribution in [0.2, 0.25) is 0 Å². The van der Waals surface area contributed by atoms with Crippen LogP contribution in [0.1, 0.15) is 18.4 Å². The van der Waals surface area contributed by atoms with Crippen LogP contribution >= 0.6 is 0 Å². The van der Waals surface area contributed by atoms with E-state index in [1.165, 1.54) is 25.1 Å². The molecule has 128 valence electrons. The molecule has 0 aromatic heterocycles. The molecule has 0 bridgehead atoms. The van der Waals surface area contributed by atoms with Gasteiger partial charge in [-0.25, -0.2) is 8.42 Å². The Morgan fingerprint density at radius 3 is 2.43 bits per heavy atom. The van der Waals surface area contributed by atoms with Crippen LogP contribution in [-0.4, -0.2) is 50.2 Å². The summed E-state index contributed by atoms with van der Waals surface area (Å²) in [4.78, 5) is 12.5. The Morgan fingerprint density at radius 1 is 1.26 bits per heavy atom. The molecule has 23 heavy (non-hydrogen) atoms. The van der Waals surface area contributed by atoms with E-state index >= 15 is 0 Å². The fourth-order valence-electron chi connectivity index (χ4n) is 2.62. The normalized spacial score (nSPS) is 19.8. The summed E-state index contributed by atoms with van der Waals surface area (Å²) in [5.41, 5.74) is -1.22. The number of carbonyl (C=O) groups excluding carboxylic acids is 1. The van der Waals surface area contributed by atoms with Gasteiger partial charge in [-0.3, -0.25) is 4.79 Å².